The number of rotatable bonds is 5. The van der Waals surface area contributed by atoms with Gasteiger partial charge in [0.15, 0.2) is 0 Å². The SMILES string of the molecule is CNc1cccc2nccc(Cn3c(C)c(O)n(-c4ccc(S(=O)(=O)C(F)(F)F)cc4)c3=O)c12. The maximum Gasteiger partial charge on any atom is 0.501 e. The highest BCUT2D eigenvalue weighted by Crippen LogP contribution is 2.31. The van der Waals surface area contributed by atoms with Crippen LogP contribution >= 0.6 is 0 Å². The van der Waals surface area contributed by atoms with E-state index in [0.29, 0.717) is 5.52 Å². The smallest absolute Gasteiger partial charge is 0.493 e. The van der Waals surface area contributed by atoms with Crippen molar-refractivity contribution in [2.24, 2.45) is 0 Å². The molecule has 2 heterocycles. The molecule has 2 aromatic carbocycles. The molecule has 0 unspecified atom stereocenters. The van der Waals surface area contributed by atoms with Crippen molar-refractivity contribution < 1.29 is 26.7 Å². The minimum Gasteiger partial charge on any atom is -0.493 e. The van der Waals surface area contributed by atoms with Crippen molar-refractivity contribution in [2.45, 2.75) is 23.9 Å². The van der Waals surface area contributed by atoms with Crippen LogP contribution in [-0.4, -0.2) is 40.2 Å². The molecule has 0 radical (unpaired) electrons. The Kier molecular flexibility index (Phi) is 5.64. The molecule has 2 N–H and O–H groups in total. The van der Waals surface area contributed by atoms with Crippen LogP contribution < -0.4 is 11.0 Å². The van der Waals surface area contributed by atoms with Gasteiger partial charge in [-0.2, -0.15) is 13.2 Å². The fourth-order valence-electron chi connectivity index (χ4n) is 3.75. The molecule has 0 fully saturated rings. The fraction of sp³-hybridized carbons (Fsp3) is 0.182. The average Bonchev–Trinajstić information content (AvgIpc) is 3.01. The summed E-state index contributed by atoms with van der Waals surface area (Å²) in [6.07, 6.45) is 1.61. The molecule has 0 spiro atoms. The first-order valence-corrected chi connectivity index (χ1v) is 11.4. The number of hydrogen-bond acceptors (Lipinski definition) is 6. The summed E-state index contributed by atoms with van der Waals surface area (Å²) in [7, 11) is -3.78. The lowest BCUT2D eigenvalue weighted by molar-refractivity contribution is -0.0436. The van der Waals surface area contributed by atoms with Gasteiger partial charge in [0.05, 0.1) is 28.3 Å². The molecule has 4 aromatic rings. The summed E-state index contributed by atoms with van der Waals surface area (Å²) in [4.78, 5) is 16.6. The van der Waals surface area contributed by atoms with Crippen LogP contribution in [0.2, 0.25) is 0 Å². The number of benzene rings is 2. The van der Waals surface area contributed by atoms with Crippen LogP contribution in [0.25, 0.3) is 16.6 Å². The predicted molar refractivity (Wildman–Crippen MR) is 120 cm³/mol. The standard InChI is InChI=1S/C22H19F3N4O4S/c1-13-20(30)29(15-6-8-16(9-7-15)34(32,33)22(23,24)25)21(31)28(13)12-14-10-11-27-18-5-3-4-17(26-2)19(14)18/h3-11,26,30H,12H2,1-2H3. The van der Waals surface area contributed by atoms with E-state index in [0.717, 1.165) is 45.5 Å². The van der Waals surface area contributed by atoms with Gasteiger partial charge >= 0.3 is 11.2 Å². The number of halogens is 3. The number of aromatic nitrogens is 3. The quantitative estimate of drug-likeness (QED) is 0.441. The van der Waals surface area contributed by atoms with Gasteiger partial charge in [0.1, 0.15) is 0 Å². The normalized spacial score (nSPS) is 12.3. The molecule has 0 aliphatic carbocycles. The van der Waals surface area contributed by atoms with Crippen LogP contribution in [0.4, 0.5) is 18.9 Å². The molecule has 0 amide bonds. The summed E-state index contributed by atoms with van der Waals surface area (Å²) < 4.78 is 63.8. The number of alkyl halides is 3. The van der Waals surface area contributed by atoms with Gasteiger partial charge in [0, 0.05) is 24.3 Å². The molecule has 4 rings (SSSR count). The molecule has 0 aliphatic rings. The van der Waals surface area contributed by atoms with Crippen LogP contribution in [0.5, 0.6) is 5.88 Å². The Balaban J connectivity index is 1.79. The second-order valence-corrected chi connectivity index (χ2v) is 9.42. The average molecular weight is 492 g/mol. The molecule has 178 valence electrons. The summed E-state index contributed by atoms with van der Waals surface area (Å²) >= 11 is 0. The maximum atomic E-state index is 13.2. The third-order valence-corrected chi connectivity index (χ3v) is 7.03. The Morgan fingerprint density at radius 1 is 1.09 bits per heavy atom. The summed E-state index contributed by atoms with van der Waals surface area (Å²) in [5, 5.41) is 14.5. The van der Waals surface area contributed by atoms with E-state index in [4.69, 9.17) is 0 Å². The van der Waals surface area contributed by atoms with Crippen molar-refractivity contribution in [1.82, 2.24) is 14.1 Å². The third-order valence-electron chi connectivity index (χ3n) is 5.52. The van der Waals surface area contributed by atoms with Gasteiger partial charge in [0.25, 0.3) is 9.84 Å². The Labute approximate surface area is 191 Å². The van der Waals surface area contributed by atoms with E-state index in [1.54, 1.807) is 19.3 Å². The van der Waals surface area contributed by atoms with Crippen LogP contribution in [-0.2, 0) is 16.4 Å². The van der Waals surface area contributed by atoms with Crippen LogP contribution in [0.15, 0.2) is 64.4 Å². The molecular formula is C22H19F3N4O4S. The zero-order valence-electron chi connectivity index (χ0n) is 18.0. The predicted octanol–water partition coefficient (Wildman–Crippen LogP) is 3.58. The molecule has 0 bridgehead atoms. The third kappa shape index (κ3) is 3.69. The monoisotopic (exact) mass is 492 g/mol. The van der Waals surface area contributed by atoms with Gasteiger partial charge < -0.3 is 10.4 Å². The molecule has 8 nitrogen and oxygen atoms in total. The van der Waals surface area contributed by atoms with E-state index < -0.39 is 31.8 Å². The summed E-state index contributed by atoms with van der Waals surface area (Å²) in [6.45, 7) is 1.61. The topological polar surface area (TPSA) is 106 Å². The van der Waals surface area contributed by atoms with E-state index in [1.807, 2.05) is 18.2 Å². The minimum atomic E-state index is -5.53. The number of pyridine rings is 1. The first-order valence-electron chi connectivity index (χ1n) is 9.94. The highest BCUT2D eigenvalue weighted by molar-refractivity contribution is 7.92. The van der Waals surface area contributed by atoms with E-state index >= 15 is 0 Å². The lowest BCUT2D eigenvalue weighted by atomic mass is 10.1. The number of hydrogen-bond donors (Lipinski definition) is 2. The van der Waals surface area contributed by atoms with E-state index in [1.165, 1.54) is 11.5 Å². The van der Waals surface area contributed by atoms with E-state index in [9.17, 15) is 31.5 Å². The van der Waals surface area contributed by atoms with Gasteiger partial charge in [0.2, 0.25) is 5.88 Å². The van der Waals surface area contributed by atoms with Gasteiger partial charge in [-0.15, -0.1) is 0 Å². The second kappa shape index (κ2) is 8.20. The summed E-state index contributed by atoms with van der Waals surface area (Å²) in [6, 6.07) is 10.8. The van der Waals surface area contributed by atoms with Gasteiger partial charge in [-0.3, -0.25) is 9.55 Å². The molecule has 2 aromatic heterocycles. The lowest BCUT2D eigenvalue weighted by Gasteiger charge is -2.11. The van der Waals surface area contributed by atoms with Crippen LogP contribution in [0, 0.1) is 6.92 Å². The molecule has 0 atom stereocenters. The number of fused-ring (bicyclic) bond motifs is 1. The maximum absolute atomic E-state index is 13.2. The Morgan fingerprint density at radius 3 is 2.38 bits per heavy atom. The molecule has 12 heteroatoms. The van der Waals surface area contributed by atoms with Crippen LogP contribution in [0.1, 0.15) is 11.3 Å². The molecule has 34 heavy (non-hydrogen) atoms. The van der Waals surface area contributed by atoms with Crippen molar-refractivity contribution in [3.8, 4) is 11.6 Å². The highest BCUT2D eigenvalue weighted by atomic mass is 32.2. The second-order valence-electron chi connectivity index (χ2n) is 7.48. The highest BCUT2D eigenvalue weighted by Gasteiger charge is 2.46. The van der Waals surface area contributed by atoms with Crippen molar-refractivity contribution in [1.29, 1.82) is 0 Å². The Morgan fingerprint density at radius 2 is 1.76 bits per heavy atom. The minimum absolute atomic E-state index is 0.0148. The lowest BCUT2D eigenvalue weighted by Crippen LogP contribution is -2.25. The number of anilines is 1. The van der Waals surface area contributed by atoms with Crippen molar-refractivity contribution in [3.05, 3.63) is 76.5 Å². The zero-order valence-corrected chi connectivity index (χ0v) is 18.8. The number of aromatic hydroxyl groups is 1. The Hall–Kier alpha value is -3.80. The van der Waals surface area contributed by atoms with Crippen molar-refractivity contribution >= 4 is 26.4 Å². The molecule has 0 saturated heterocycles. The number of nitrogens with zero attached hydrogens (tertiary/aromatic N) is 3. The Bertz CT molecular complexity index is 1550. The van der Waals surface area contributed by atoms with Crippen LogP contribution in [0.3, 0.4) is 0 Å². The number of nitrogens with one attached hydrogen (secondary N) is 1. The number of sulfone groups is 1. The molecule has 0 saturated carbocycles. The summed E-state index contributed by atoms with van der Waals surface area (Å²) in [5.74, 6) is -0.413. The molecule has 0 aliphatic heterocycles. The fourth-order valence-corrected chi connectivity index (χ4v) is 4.51. The number of imidazole rings is 1. The first kappa shape index (κ1) is 23.4. The molecular weight excluding hydrogens is 473 g/mol. The van der Waals surface area contributed by atoms with Gasteiger partial charge in [-0.25, -0.2) is 17.8 Å². The van der Waals surface area contributed by atoms with Crippen molar-refractivity contribution in [3.63, 3.8) is 0 Å². The van der Waals surface area contributed by atoms with Gasteiger partial charge in [-0.1, -0.05) is 6.07 Å². The van der Waals surface area contributed by atoms with E-state index in [2.05, 4.69) is 10.3 Å². The first-order chi connectivity index (χ1) is 16.0. The zero-order chi connectivity index (χ0) is 24.8. The van der Waals surface area contributed by atoms with Crippen molar-refractivity contribution in [2.75, 3.05) is 12.4 Å². The van der Waals surface area contributed by atoms with Gasteiger partial charge in [-0.05, 0) is 55.0 Å². The summed E-state index contributed by atoms with van der Waals surface area (Å²) in [5.41, 5.74) is -3.59. The largest absolute Gasteiger partial charge is 0.501 e. The van der Waals surface area contributed by atoms with E-state index in [-0.39, 0.29) is 17.9 Å².